The van der Waals surface area contributed by atoms with E-state index in [1.54, 1.807) is 6.20 Å². The molecule has 1 atom stereocenters. The van der Waals surface area contributed by atoms with Crippen LogP contribution in [0.3, 0.4) is 0 Å². The number of carbonyl (C=O) groups is 1. The summed E-state index contributed by atoms with van der Waals surface area (Å²) in [4.78, 5) is 19.3. The van der Waals surface area contributed by atoms with Crippen molar-refractivity contribution in [2.75, 3.05) is 6.54 Å². The van der Waals surface area contributed by atoms with E-state index in [1.807, 2.05) is 23.1 Å². The molecule has 1 saturated heterocycles. The fourth-order valence-corrected chi connectivity index (χ4v) is 2.87. The third-order valence-corrected chi connectivity index (χ3v) is 4.20. The first kappa shape index (κ1) is 15.0. The average Bonchev–Trinajstić information content (AvgIpc) is 2.95. The fraction of sp³-hybridized carbons (Fsp3) is 0.625. The van der Waals surface area contributed by atoms with Gasteiger partial charge in [-0.3, -0.25) is 9.78 Å². The lowest BCUT2D eigenvalue weighted by Crippen LogP contribution is -2.56. The number of nitrogens with one attached hydrogen (secondary N) is 1. The van der Waals surface area contributed by atoms with Gasteiger partial charge in [-0.2, -0.15) is 0 Å². The van der Waals surface area contributed by atoms with Crippen LogP contribution in [0.1, 0.15) is 45.7 Å². The van der Waals surface area contributed by atoms with Gasteiger partial charge in [0.15, 0.2) is 0 Å². The molecule has 0 aliphatic carbocycles. The molecule has 0 spiro atoms. The minimum Gasteiger partial charge on any atom is -0.333 e. The number of hydrogen-bond donors (Lipinski definition) is 1. The number of carbonyl (C=O) groups excluding carboxylic acids is 1. The third-order valence-electron chi connectivity index (χ3n) is 4.20. The van der Waals surface area contributed by atoms with Crippen molar-refractivity contribution in [2.45, 2.75) is 58.2 Å². The number of amides is 1. The van der Waals surface area contributed by atoms with Gasteiger partial charge in [-0.1, -0.05) is 13.0 Å². The van der Waals surface area contributed by atoms with E-state index in [-0.39, 0.29) is 17.5 Å². The third kappa shape index (κ3) is 3.01. The Bertz CT molecular complexity index is 438. The zero-order valence-electron chi connectivity index (χ0n) is 12.7. The van der Waals surface area contributed by atoms with Gasteiger partial charge in [-0.05, 0) is 51.8 Å². The number of pyridine rings is 1. The molecule has 0 saturated carbocycles. The predicted molar refractivity (Wildman–Crippen MR) is 80.2 cm³/mol. The van der Waals surface area contributed by atoms with Gasteiger partial charge in [-0.15, -0.1) is 0 Å². The van der Waals surface area contributed by atoms with Gasteiger partial charge in [0.2, 0.25) is 5.91 Å². The van der Waals surface area contributed by atoms with Crippen LogP contribution in [0.15, 0.2) is 24.4 Å². The van der Waals surface area contributed by atoms with Crippen LogP contribution in [0.5, 0.6) is 0 Å². The van der Waals surface area contributed by atoms with Crippen molar-refractivity contribution in [1.29, 1.82) is 0 Å². The fourth-order valence-electron chi connectivity index (χ4n) is 2.87. The molecule has 2 rings (SSSR count). The molecule has 1 N–H and O–H groups in total. The maximum Gasteiger partial charge on any atom is 0.243 e. The first-order valence-electron chi connectivity index (χ1n) is 7.55. The number of rotatable bonds is 5. The van der Waals surface area contributed by atoms with Gasteiger partial charge in [0, 0.05) is 12.2 Å². The van der Waals surface area contributed by atoms with E-state index in [2.05, 4.69) is 31.1 Å². The van der Waals surface area contributed by atoms with Gasteiger partial charge in [0.25, 0.3) is 0 Å². The zero-order chi connectivity index (χ0) is 14.6. The maximum absolute atomic E-state index is 13.0. The van der Waals surface area contributed by atoms with Crippen molar-refractivity contribution in [3.05, 3.63) is 30.1 Å². The average molecular weight is 275 g/mol. The summed E-state index contributed by atoms with van der Waals surface area (Å²) < 4.78 is 0. The minimum absolute atomic E-state index is 0.176. The van der Waals surface area contributed by atoms with Crippen LogP contribution in [-0.4, -0.2) is 33.9 Å². The lowest BCUT2D eigenvalue weighted by Gasteiger charge is -2.36. The van der Waals surface area contributed by atoms with E-state index >= 15 is 0 Å². The molecule has 4 nitrogen and oxygen atoms in total. The highest BCUT2D eigenvalue weighted by Crippen LogP contribution is 2.27. The van der Waals surface area contributed by atoms with Crippen LogP contribution < -0.4 is 5.32 Å². The Morgan fingerprint density at radius 1 is 1.50 bits per heavy atom. The summed E-state index contributed by atoms with van der Waals surface area (Å²) in [5.74, 6) is 0.221. The SMILES string of the molecule is CCC1(C(=O)N(Cc2ccccn2)C(C)C)CCCN1. The highest BCUT2D eigenvalue weighted by Gasteiger charge is 2.42. The molecule has 1 unspecified atom stereocenters. The summed E-state index contributed by atoms with van der Waals surface area (Å²) in [5, 5.41) is 3.43. The maximum atomic E-state index is 13.0. The van der Waals surface area contributed by atoms with Gasteiger partial charge in [0.05, 0.1) is 17.8 Å². The molecule has 0 bridgehead atoms. The lowest BCUT2D eigenvalue weighted by atomic mass is 9.91. The summed E-state index contributed by atoms with van der Waals surface area (Å²) >= 11 is 0. The topological polar surface area (TPSA) is 45.2 Å². The molecule has 4 heteroatoms. The summed E-state index contributed by atoms with van der Waals surface area (Å²) in [6.07, 6.45) is 4.64. The molecule has 1 aliphatic rings. The Hall–Kier alpha value is -1.42. The summed E-state index contributed by atoms with van der Waals surface area (Å²) in [7, 11) is 0. The van der Waals surface area contributed by atoms with E-state index in [0.29, 0.717) is 6.54 Å². The Morgan fingerprint density at radius 3 is 2.80 bits per heavy atom. The summed E-state index contributed by atoms with van der Waals surface area (Å²) in [6, 6.07) is 6.02. The van der Waals surface area contributed by atoms with Gasteiger partial charge >= 0.3 is 0 Å². The van der Waals surface area contributed by atoms with Crippen LogP contribution in [0.25, 0.3) is 0 Å². The Morgan fingerprint density at radius 2 is 2.30 bits per heavy atom. The van der Waals surface area contributed by atoms with Crippen LogP contribution in [0.2, 0.25) is 0 Å². The second-order valence-corrected chi connectivity index (χ2v) is 5.81. The van der Waals surface area contributed by atoms with Crippen LogP contribution >= 0.6 is 0 Å². The van der Waals surface area contributed by atoms with Crippen LogP contribution in [-0.2, 0) is 11.3 Å². The van der Waals surface area contributed by atoms with Crippen molar-refractivity contribution in [3.8, 4) is 0 Å². The van der Waals surface area contributed by atoms with E-state index in [1.165, 1.54) is 0 Å². The predicted octanol–water partition coefficient (Wildman–Crippen LogP) is 2.35. The minimum atomic E-state index is -0.362. The Balaban J connectivity index is 2.18. The largest absolute Gasteiger partial charge is 0.333 e. The van der Waals surface area contributed by atoms with Crippen molar-refractivity contribution >= 4 is 5.91 Å². The first-order valence-corrected chi connectivity index (χ1v) is 7.55. The molecule has 1 aliphatic heterocycles. The molecule has 1 amide bonds. The molecule has 1 aromatic heterocycles. The van der Waals surface area contributed by atoms with Crippen molar-refractivity contribution < 1.29 is 4.79 Å². The summed E-state index contributed by atoms with van der Waals surface area (Å²) in [5.41, 5.74) is 0.581. The summed E-state index contributed by atoms with van der Waals surface area (Å²) in [6.45, 7) is 7.75. The van der Waals surface area contributed by atoms with Gasteiger partial charge in [-0.25, -0.2) is 0 Å². The molecule has 1 fully saturated rings. The van der Waals surface area contributed by atoms with Crippen molar-refractivity contribution in [2.24, 2.45) is 0 Å². The molecule has 110 valence electrons. The standard InChI is InChI=1S/C16H25N3O/c1-4-16(9-7-11-18-16)15(20)19(13(2)3)12-14-8-5-6-10-17-14/h5-6,8,10,13,18H,4,7,9,11-12H2,1-3H3. The van der Waals surface area contributed by atoms with Gasteiger partial charge in [0.1, 0.15) is 0 Å². The molecular weight excluding hydrogens is 250 g/mol. The lowest BCUT2D eigenvalue weighted by molar-refractivity contribution is -0.140. The molecule has 1 aromatic rings. The van der Waals surface area contributed by atoms with Crippen molar-refractivity contribution in [3.63, 3.8) is 0 Å². The highest BCUT2D eigenvalue weighted by atomic mass is 16.2. The Labute approximate surface area is 121 Å². The zero-order valence-corrected chi connectivity index (χ0v) is 12.7. The van der Waals surface area contributed by atoms with E-state index in [9.17, 15) is 4.79 Å². The molecule has 20 heavy (non-hydrogen) atoms. The second-order valence-electron chi connectivity index (χ2n) is 5.81. The number of hydrogen-bond acceptors (Lipinski definition) is 3. The molecular formula is C16H25N3O. The van der Waals surface area contributed by atoms with Crippen LogP contribution in [0.4, 0.5) is 0 Å². The van der Waals surface area contributed by atoms with Crippen molar-refractivity contribution in [1.82, 2.24) is 15.2 Å². The number of aromatic nitrogens is 1. The molecule has 0 aromatic carbocycles. The first-order chi connectivity index (χ1) is 9.59. The second kappa shape index (κ2) is 6.35. The Kier molecular flexibility index (Phi) is 4.76. The molecule has 0 radical (unpaired) electrons. The van der Waals surface area contributed by atoms with E-state index in [0.717, 1.165) is 31.5 Å². The normalized spacial score (nSPS) is 22.2. The smallest absolute Gasteiger partial charge is 0.243 e. The number of nitrogens with zero attached hydrogens (tertiary/aromatic N) is 2. The quantitative estimate of drug-likeness (QED) is 0.897. The molecule has 2 heterocycles. The van der Waals surface area contributed by atoms with Gasteiger partial charge < -0.3 is 10.2 Å². The van der Waals surface area contributed by atoms with E-state index in [4.69, 9.17) is 0 Å². The highest BCUT2D eigenvalue weighted by molar-refractivity contribution is 5.87. The van der Waals surface area contributed by atoms with Crippen LogP contribution in [0, 0.1) is 0 Å². The monoisotopic (exact) mass is 275 g/mol. The van der Waals surface area contributed by atoms with E-state index < -0.39 is 0 Å².